The lowest BCUT2D eigenvalue weighted by atomic mass is 9.93. The number of aromatic nitrogens is 2. The van der Waals surface area contributed by atoms with Crippen molar-refractivity contribution in [2.75, 3.05) is 25.4 Å². The minimum absolute atomic E-state index is 0.0186. The molecule has 1 fully saturated rings. The zero-order chi connectivity index (χ0) is 22.9. The maximum absolute atomic E-state index is 15.8. The molecule has 33 heavy (non-hydrogen) atoms. The Morgan fingerprint density at radius 3 is 2.91 bits per heavy atom. The summed E-state index contributed by atoms with van der Waals surface area (Å²) in [7, 11) is 0. The van der Waals surface area contributed by atoms with E-state index in [1.165, 1.54) is 18.2 Å². The highest BCUT2D eigenvalue weighted by Gasteiger charge is 2.33. The van der Waals surface area contributed by atoms with Gasteiger partial charge >= 0.3 is 0 Å². The highest BCUT2D eigenvalue weighted by molar-refractivity contribution is 7.23. The number of anilines is 1. The molecule has 4 aromatic rings. The number of thiophene rings is 1. The molecule has 4 heterocycles. The second-order valence-corrected chi connectivity index (χ2v) is 9.36. The molecule has 2 aromatic heterocycles. The number of fused-ring (bicyclic) bond motifs is 2. The Labute approximate surface area is 191 Å². The molecule has 10 heteroatoms. The second kappa shape index (κ2) is 7.23. The maximum Gasteiger partial charge on any atom is 0.256 e. The van der Waals surface area contributed by atoms with Gasteiger partial charge in [-0.05, 0) is 24.1 Å². The number of benzene rings is 2. The molecular formula is C23H18F2N6OS. The van der Waals surface area contributed by atoms with Crippen LogP contribution in [0.3, 0.4) is 0 Å². The average Bonchev–Trinajstić information content (AvgIpc) is 3.38. The van der Waals surface area contributed by atoms with Crippen molar-refractivity contribution in [1.82, 2.24) is 20.0 Å². The van der Waals surface area contributed by atoms with Crippen molar-refractivity contribution in [2.45, 2.75) is 19.0 Å². The summed E-state index contributed by atoms with van der Waals surface area (Å²) in [5.74, 6) is -1.37. The minimum atomic E-state index is -0.626. The van der Waals surface area contributed by atoms with Crippen LogP contribution in [0.25, 0.3) is 32.1 Å². The summed E-state index contributed by atoms with van der Waals surface area (Å²) >= 11 is 0.963. The molecule has 166 valence electrons. The normalized spacial score (nSPS) is 18.3. The Morgan fingerprint density at radius 1 is 1.24 bits per heavy atom. The molecule has 1 amide bonds. The number of nitrogen functional groups attached to an aromatic ring is 1. The fourth-order valence-corrected chi connectivity index (χ4v) is 6.02. The standard InChI is InChI=1S/C23H18F2N6OS/c24-16-2-1-12(19-14(8-26)22(27)33-21(16)19)18-15-10-29-31-5-3-11-9-28-4-6-30(11)23(32)13(20(15)31)7-17(18)25/h1-2,7,10-11,28H,3-6,9,27H2/t11-/m0/s1. The summed E-state index contributed by atoms with van der Waals surface area (Å²) in [6.07, 6.45) is 2.27. The van der Waals surface area contributed by atoms with Crippen LogP contribution in [0.4, 0.5) is 13.8 Å². The first-order valence-corrected chi connectivity index (χ1v) is 11.4. The number of hydrogen-bond acceptors (Lipinski definition) is 6. The van der Waals surface area contributed by atoms with Gasteiger partial charge in [0.1, 0.15) is 22.7 Å². The lowest BCUT2D eigenvalue weighted by Gasteiger charge is -2.37. The molecule has 0 spiro atoms. The van der Waals surface area contributed by atoms with Crippen molar-refractivity contribution in [1.29, 1.82) is 5.26 Å². The first kappa shape index (κ1) is 20.1. The number of rotatable bonds is 1. The van der Waals surface area contributed by atoms with Gasteiger partial charge < -0.3 is 16.0 Å². The second-order valence-electron chi connectivity index (χ2n) is 8.31. The van der Waals surface area contributed by atoms with E-state index in [2.05, 4.69) is 10.4 Å². The molecule has 0 saturated carbocycles. The van der Waals surface area contributed by atoms with Crippen molar-refractivity contribution < 1.29 is 13.6 Å². The van der Waals surface area contributed by atoms with Gasteiger partial charge in [0.15, 0.2) is 0 Å². The molecule has 1 saturated heterocycles. The van der Waals surface area contributed by atoms with Crippen molar-refractivity contribution in [3.8, 4) is 17.2 Å². The van der Waals surface area contributed by atoms with Gasteiger partial charge in [0.2, 0.25) is 0 Å². The monoisotopic (exact) mass is 464 g/mol. The number of nitriles is 1. The molecule has 0 radical (unpaired) electrons. The number of carbonyl (C=O) groups excluding carboxylic acids is 1. The first-order valence-electron chi connectivity index (χ1n) is 10.6. The fraction of sp³-hybridized carbons (Fsp3) is 0.261. The number of nitrogens with zero attached hydrogens (tertiary/aromatic N) is 4. The van der Waals surface area contributed by atoms with Gasteiger partial charge in [-0.2, -0.15) is 10.4 Å². The van der Waals surface area contributed by atoms with E-state index in [9.17, 15) is 14.4 Å². The molecule has 7 nitrogen and oxygen atoms in total. The zero-order valence-corrected chi connectivity index (χ0v) is 18.2. The van der Waals surface area contributed by atoms with Gasteiger partial charge in [0.05, 0.1) is 27.5 Å². The van der Waals surface area contributed by atoms with Crippen LogP contribution in [-0.2, 0) is 6.54 Å². The van der Waals surface area contributed by atoms with E-state index in [4.69, 9.17) is 5.73 Å². The van der Waals surface area contributed by atoms with Crippen LogP contribution in [0.15, 0.2) is 24.4 Å². The number of hydrogen-bond donors (Lipinski definition) is 2. The van der Waals surface area contributed by atoms with Gasteiger partial charge in [0.25, 0.3) is 5.91 Å². The van der Waals surface area contributed by atoms with Crippen molar-refractivity contribution >= 4 is 43.2 Å². The molecule has 2 aromatic carbocycles. The number of aryl methyl sites for hydroxylation is 1. The molecule has 6 rings (SSSR count). The lowest BCUT2D eigenvalue weighted by Crippen LogP contribution is -2.54. The van der Waals surface area contributed by atoms with Crippen LogP contribution in [0, 0.1) is 23.0 Å². The van der Waals surface area contributed by atoms with Gasteiger partial charge in [0, 0.05) is 48.6 Å². The van der Waals surface area contributed by atoms with Crippen molar-refractivity contribution in [2.24, 2.45) is 0 Å². The SMILES string of the molecule is N#Cc1c(N)sc2c(F)ccc(-c3c(F)cc4c5c3cnn5CC[C@H]3CNCCN3C4=O)c12. The molecule has 0 unspecified atom stereocenters. The predicted molar refractivity (Wildman–Crippen MR) is 122 cm³/mol. The summed E-state index contributed by atoms with van der Waals surface area (Å²) in [4.78, 5) is 15.3. The molecule has 1 atom stereocenters. The third-order valence-corrected chi connectivity index (χ3v) is 7.62. The molecule has 0 aliphatic carbocycles. The van der Waals surface area contributed by atoms with E-state index in [0.717, 1.165) is 17.8 Å². The topological polar surface area (TPSA) is 100.0 Å². The van der Waals surface area contributed by atoms with Crippen LogP contribution >= 0.6 is 11.3 Å². The summed E-state index contributed by atoms with van der Waals surface area (Å²) in [5, 5.41) is 18.3. The number of carbonyl (C=O) groups is 1. The summed E-state index contributed by atoms with van der Waals surface area (Å²) in [5.41, 5.74) is 7.44. The van der Waals surface area contributed by atoms with E-state index in [0.29, 0.717) is 42.6 Å². The van der Waals surface area contributed by atoms with Gasteiger partial charge in [-0.1, -0.05) is 6.07 Å². The Hall–Kier alpha value is -3.55. The number of nitrogens with one attached hydrogen (secondary N) is 1. The highest BCUT2D eigenvalue weighted by Crippen LogP contribution is 2.44. The van der Waals surface area contributed by atoms with Crippen molar-refractivity contribution in [3.63, 3.8) is 0 Å². The number of amides is 1. The summed E-state index contributed by atoms with van der Waals surface area (Å²) in [6.45, 7) is 2.51. The van der Waals surface area contributed by atoms with Gasteiger partial charge in [-0.3, -0.25) is 9.48 Å². The van der Waals surface area contributed by atoms with E-state index in [1.807, 2.05) is 11.0 Å². The average molecular weight is 465 g/mol. The van der Waals surface area contributed by atoms with Gasteiger partial charge in [-0.15, -0.1) is 11.3 Å². The molecule has 0 bridgehead atoms. The first-order chi connectivity index (χ1) is 16.0. The van der Waals surface area contributed by atoms with Crippen LogP contribution < -0.4 is 11.1 Å². The Balaban J connectivity index is 1.66. The van der Waals surface area contributed by atoms with E-state index < -0.39 is 11.6 Å². The minimum Gasteiger partial charge on any atom is -0.389 e. The van der Waals surface area contributed by atoms with Crippen LogP contribution in [0.2, 0.25) is 0 Å². The number of piperazine rings is 1. The maximum atomic E-state index is 15.8. The van der Waals surface area contributed by atoms with Gasteiger partial charge in [-0.25, -0.2) is 8.78 Å². The van der Waals surface area contributed by atoms with Crippen LogP contribution in [0.1, 0.15) is 22.3 Å². The quantitative estimate of drug-likeness (QED) is 0.449. The number of nitrogens with two attached hydrogens (primary N) is 1. The highest BCUT2D eigenvalue weighted by atomic mass is 32.1. The molecule has 3 N–H and O–H groups in total. The predicted octanol–water partition coefficient (Wildman–Crippen LogP) is 3.47. The zero-order valence-electron chi connectivity index (χ0n) is 17.4. The van der Waals surface area contributed by atoms with E-state index in [1.54, 1.807) is 10.9 Å². The lowest BCUT2D eigenvalue weighted by molar-refractivity contribution is 0.0613. The van der Waals surface area contributed by atoms with Crippen molar-refractivity contribution in [3.05, 3.63) is 47.2 Å². The fourth-order valence-electron chi connectivity index (χ4n) is 5.08. The molecular weight excluding hydrogens is 446 g/mol. The number of halogens is 2. The smallest absolute Gasteiger partial charge is 0.256 e. The summed E-state index contributed by atoms with van der Waals surface area (Å²) < 4.78 is 32.3. The van der Waals surface area contributed by atoms with Crippen LogP contribution in [0.5, 0.6) is 0 Å². The largest absolute Gasteiger partial charge is 0.389 e. The Bertz CT molecular complexity index is 1520. The van der Waals surface area contributed by atoms with Crippen LogP contribution in [-0.4, -0.2) is 46.3 Å². The van der Waals surface area contributed by atoms with E-state index in [-0.39, 0.29) is 43.7 Å². The third-order valence-electron chi connectivity index (χ3n) is 6.59. The molecule has 2 aliphatic rings. The summed E-state index contributed by atoms with van der Waals surface area (Å²) in [6, 6.07) is 6.00. The Morgan fingerprint density at radius 2 is 2.09 bits per heavy atom. The molecule has 2 aliphatic heterocycles. The van der Waals surface area contributed by atoms with E-state index >= 15 is 4.39 Å². The third kappa shape index (κ3) is 2.79. The Kier molecular flexibility index (Phi) is 4.40.